The minimum Gasteiger partial charge on any atom is -0.508 e. The van der Waals surface area contributed by atoms with Crippen LogP contribution >= 0.6 is 0 Å². The van der Waals surface area contributed by atoms with Gasteiger partial charge in [0.25, 0.3) is 5.91 Å². The summed E-state index contributed by atoms with van der Waals surface area (Å²) in [5.41, 5.74) is 4.69. The van der Waals surface area contributed by atoms with E-state index in [1.165, 1.54) is 18.2 Å². The van der Waals surface area contributed by atoms with Gasteiger partial charge < -0.3 is 15.2 Å². The average molecular weight is 309 g/mol. The lowest BCUT2D eigenvalue weighted by molar-refractivity contribution is 0.0956. The van der Waals surface area contributed by atoms with Gasteiger partial charge in [-0.25, -0.2) is 5.43 Å². The third kappa shape index (κ3) is 2.87. The third-order valence-electron chi connectivity index (χ3n) is 3.53. The van der Waals surface area contributed by atoms with Crippen molar-refractivity contribution < 1.29 is 15.0 Å². The summed E-state index contributed by atoms with van der Waals surface area (Å²) in [6.45, 7) is 1.65. The lowest BCUT2D eigenvalue weighted by atomic mass is 10.1. The lowest BCUT2D eigenvalue weighted by Gasteiger charge is -2.05. The number of carbonyl (C=O) groups excluding carboxylic acids is 1. The SMILES string of the molecule is CC(=NNC(=O)c1c[nH]c2ccccc12)c1ccc(O)cc1O. The van der Waals surface area contributed by atoms with Crippen molar-refractivity contribution in [2.45, 2.75) is 6.92 Å². The van der Waals surface area contributed by atoms with Gasteiger partial charge in [-0.05, 0) is 25.1 Å². The van der Waals surface area contributed by atoms with E-state index in [1.807, 2.05) is 24.3 Å². The number of hydrogen-bond donors (Lipinski definition) is 4. The standard InChI is InChI=1S/C17H15N3O3/c1-10(12-7-6-11(21)8-16(12)22)19-20-17(23)14-9-18-15-5-3-2-4-13(14)15/h2-9,18,21-22H,1H3,(H,20,23). The van der Waals surface area contributed by atoms with Gasteiger partial charge in [-0.2, -0.15) is 5.10 Å². The highest BCUT2D eigenvalue weighted by Crippen LogP contribution is 2.23. The van der Waals surface area contributed by atoms with Gasteiger partial charge in [0.1, 0.15) is 11.5 Å². The van der Waals surface area contributed by atoms with Gasteiger partial charge in [-0.15, -0.1) is 0 Å². The molecule has 0 aliphatic carbocycles. The molecule has 0 aliphatic rings. The highest BCUT2D eigenvalue weighted by Gasteiger charge is 2.12. The number of phenols is 2. The van der Waals surface area contributed by atoms with Crippen LogP contribution in [0.25, 0.3) is 10.9 Å². The summed E-state index contributed by atoms with van der Waals surface area (Å²) in [6.07, 6.45) is 1.63. The van der Waals surface area contributed by atoms with Gasteiger partial charge in [-0.3, -0.25) is 4.79 Å². The minimum atomic E-state index is -0.347. The Kier molecular flexibility index (Phi) is 3.72. The van der Waals surface area contributed by atoms with Gasteiger partial charge in [0, 0.05) is 28.7 Å². The Morgan fingerprint density at radius 3 is 2.70 bits per heavy atom. The number of fused-ring (bicyclic) bond motifs is 1. The number of amides is 1. The lowest BCUT2D eigenvalue weighted by Crippen LogP contribution is -2.19. The molecular weight excluding hydrogens is 294 g/mol. The molecule has 116 valence electrons. The molecule has 0 saturated heterocycles. The second kappa shape index (κ2) is 5.84. The van der Waals surface area contributed by atoms with Crippen molar-refractivity contribution in [2.75, 3.05) is 0 Å². The van der Waals surface area contributed by atoms with Crippen LogP contribution in [-0.4, -0.2) is 26.8 Å². The first-order valence-corrected chi connectivity index (χ1v) is 6.99. The zero-order chi connectivity index (χ0) is 16.4. The molecule has 1 aromatic heterocycles. The van der Waals surface area contributed by atoms with Crippen molar-refractivity contribution in [2.24, 2.45) is 5.10 Å². The monoisotopic (exact) mass is 309 g/mol. The first-order valence-electron chi connectivity index (χ1n) is 6.99. The number of hydrogen-bond acceptors (Lipinski definition) is 4. The van der Waals surface area contributed by atoms with Gasteiger partial charge in [-0.1, -0.05) is 18.2 Å². The van der Waals surface area contributed by atoms with Crippen molar-refractivity contribution in [3.05, 3.63) is 59.8 Å². The first-order chi connectivity index (χ1) is 11.1. The predicted molar refractivity (Wildman–Crippen MR) is 87.7 cm³/mol. The van der Waals surface area contributed by atoms with E-state index >= 15 is 0 Å². The molecule has 0 unspecified atom stereocenters. The number of benzene rings is 2. The maximum Gasteiger partial charge on any atom is 0.273 e. The molecule has 0 aliphatic heterocycles. The Bertz CT molecular complexity index is 912. The number of rotatable bonds is 3. The third-order valence-corrected chi connectivity index (χ3v) is 3.53. The molecule has 1 heterocycles. The van der Waals surface area contributed by atoms with Crippen LogP contribution in [0, 0.1) is 0 Å². The second-order valence-corrected chi connectivity index (χ2v) is 5.09. The Morgan fingerprint density at radius 2 is 1.91 bits per heavy atom. The van der Waals surface area contributed by atoms with Gasteiger partial charge >= 0.3 is 0 Å². The van der Waals surface area contributed by atoms with E-state index in [-0.39, 0.29) is 17.4 Å². The largest absolute Gasteiger partial charge is 0.508 e. The molecule has 0 atom stereocenters. The smallest absolute Gasteiger partial charge is 0.273 e. The van der Waals surface area contributed by atoms with Gasteiger partial charge in [0.05, 0.1) is 11.3 Å². The molecule has 0 radical (unpaired) electrons. The molecule has 3 aromatic rings. The van der Waals surface area contributed by atoms with Crippen molar-refractivity contribution in [1.82, 2.24) is 10.4 Å². The maximum atomic E-state index is 12.3. The average Bonchev–Trinajstić information content (AvgIpc) is 2.96. The van der Waals surface area contributed by atoms with Crippen molar-refractivity contribution in [3.63, 3.8) is 0 Å². The molecule has 6 heteroatoms. The molecule has 6 nitrogen and oxygen atoms in total. The Balaban J connectivity index is 1.82. The minimum absolute atomic E-state index is 0.0399. The summed E-state index contributed by atoms with van der Waals surface area (Å²) < 4.78 is 0. The van der Waals surface area contributed by atoms with E-state index in [2.05, 4.69) is 15.5 Å². The fourth-order valence-electron chi connectivity index (χ4n) is 2.34. The van der Waals surface area contributed by atoms with Crippen LogP contribution in [0.1, 0.15) is 22.8 Å². The normalized spacial score (nSPS) is 11.6. The van der Waals surface area contributed by atoms with Crippen LogP contribution in [0.15, 0.2) is 53.8 Å². The van der Waals surface area contributed by atoms with Crippen LogP contribution in [0.5, 0.6) is 11.5 Å². The number of hydrazone groups is 1. The van der Waals surface area contributed by atoms with Crippen LogP contribution in [0.3, 0.4) is 0 Å². The van der Waals surface area contributed by atoms with E-state index in [1.54, 1.807) is 13.1 Å². The van der Waals surface area contributed by atoms with E-state index in [0.717, 1.165) is 10.9 Å². The molecule has 0 saturated carbocycles. The molecule has 0 fully saturated rings. The first kappa shape index (κ1) is 14.6. The molecule has 0 spiro atoms. The van der Waals surface area contributed by atoms with Crippen LogP contribution in [0.2, 0.25) is 0 Å². The van der Waals surface area contributed by atoms with E-state index in [9.17, 15) is 15.0 Å². The Hall–Kier alpha value is -3.28. The summed E-state index contributed by atoms with van der Waals surface area (Å²) in [5.74, 6) is -0.491. The van der Waals surface area contributed by atoms with Crippen molar-refractivity contribution >= 4 is 22.5 Å². The highest BCUT2D eigenvalue weighted by atomic mass is 16.3. The Labute approximate surface area is 132 Å². The number of para-hydroxylation sites is 1. The number of aromatic amines is 1. The van der Waals surface area contributed by atoms with Gasteiger partial charge in [0.2, 0.25) is 0 Å². The second-order valence-electron chi connectivity index (χ2n) is 5.09. The summed E-state index contributed by atoms with van der Waals surface area (Å²) in [4.78, 5) is 15.3. The van der Waals surface area contributed by atoms with Crippen LogP contribution in [-0.2, 0) is 0 Å². The maximum absolute atomic E-state index is 12.3. The van der Waals surface area contributed by atoms with Crippen molar-refractivity contribution in [3.8, 4) is 11.5 Å². The van der Waals surface area contributed by atoms with Crippen molar-refractivity contribution in [1.29, 1.82) is 0 Å². The Morgan fingerprint density at radius 1 is 1.13 bits per heavy atom. The number of phenolic OH excluding ortho intramolecular Hbond substituents is 2. The summed E-state index contributed by atoms with van der Waals surface area (Å²) in [7, 11) is 0. The number of H-pyrrole nitrogens is 1. The predicted octanol–water partition coefficient (Wildman–Crippen LogP) is 2.73. The molecular formula is C17H15N3O3. The molecule has 2 aromatic carbocycles. The number of nitrogens with zero attached hydrogens (tertiary/aromatic N) is 1. The topological polar surface area (TPSA) is 97.7 Å². The molecule has 0 bridgehead atoms. The van der Waals surface area contributed by atoms with Crippen LogP contribution < -0.4 is 5.43 Å². The number of aromatic hydroxyl groups is 2. The zero-order valence-electron chi connectivity index (χ0n) is 12.4. The number of nitrogens with one attached hydrogen (secondary N) is 2. The molecule has 1 amide bonds. The molecule has 3 rings (SSSR count). The van der Waals surface area contributed by atoms with E-state index in [4.69, 9.17) is 0 Å². The quantitative estimate of drug-likeness (QED) is 0.442. The van der Waals surface area contributed by atoms with Crippen LogP contribution in [0.4, 0.5) is 0 Å². The van der Waals surface area contributed by atoms with Gasteiger partial charge in [0.15, 0.2) is 0 Å². The summed E-state index contributed by atoms with van der Waals surface area (Å²) in [5, 5.41) is 23.9. The fraction of sp³-hybridized carbons (Fsp3) is 0.0588. The zero-order valence-corrected chi connectivity index (χ0v) is 12.4. The molecule has 4 N–H and O–H groups in total. The number of aromatic nitrogens is 1. The molecule has 23 heavy (non-hydrogen) atoms. The summed E-state index contributed by atoms with van der Waals surface area (Å²) in [6, 6.07) is 11.7. The van der Waals surface area contributed by atoms with E-state index < -0.39 is 0 Å². The summed E-state index contributed by atoms with van der Waals surface area (Å²) >= 11 is 0. The fourth-order valence-corrected chi connectivity index (χ4v) is 2.34. The number of carbonyl (C=O) groups is 1. The highest BCUT2D eigenvalue weighted by molar-refractivity contribution is 6.08. The van der Waals surface area contributed by atoms with E-state index in [0.29, 0.717) is 16.8 Å².